The van der Waals surface area contributed by atoms with Gasteiger partial charge < -0.3 is 0 Å². The Morgan fingerprint density at radius 2 is 1.42 bits per heavy atom. The molecule has 3 aromatic rings. The number of rotatable bonds is 6. The molecule has 0 fully saturated rings. The second-order valence-corrected chi connectivity index (χ2v) is 9.45. The molecular weight excluding hydrogens is 411 g/mol. The number of aryl methyl sites for hydroxylation is 1. The Balaban J connectivity index is 1.92. The SMILES string of the molecule is Cc1ccc(S(=O)(=O)O/C(=C\c2ccccc2)[Se]c2ccccc2)cc1. The zero-order valence-corrected chi connectivity index (χ0v) is 16.7. The summed E-state index contributed by atoms with van der Waals surface area (Å²) >= 11 is -0.269. The molecule has 0 amide bonds. The molecule has 0 aromatic heterocycles. The van der Waals surface area contributed by atoms with Gasteiger partial charge in [-0.15, -0.1) is 0 Å². The van der Waals surface area contributed by atoms with Crippen LogP contribution >= 0.6 is 0 Å². The van der Waals surface area contributed by atoms with Crippen LogP contribution in [0.4, 0.5) is 0 Å². The van der Waals surface area contributed by atoms with Crippen LogP contribution in [0.1, 0.15) is 11.1 Å². The minimum atomic E-state index is -3.87. The Morgan fingerprint density at radius 1 is 0.846 bits per heavy atom. The summed E-state index contributed by atoms with van der Waals surface area (Å²) in [6, 6.07) is 26.0. The summed E-state index contributed by atoms with van der Waals surface area (Å²) < 4.78 is 32.4. The first-order valence-electron chi connectivity index (χ1n) is 8.04. The molecule has 5 heteroatoms. The minimum absolute atomic E-state index is 0.158. The molecule has 0 aliphatic rings. The number of hydrogen-bond acceptors (Lipinski definition) is 3. The molecule has 0 heterocycles. The summed E-state index contributed by atoms with van der Waals surface area (Å²) in [5, 5.41) is 0. The van der Waals surface area contributed by atoms with E-state index in [0.29, 0.717) is 4.66 Å². The molecule has 0 aliphatic heterocycles. The zero-order chi connectivity index (χ0) is 18.4. The van der Waals surface area contributed by atoms with E-state index < -0.39 is 10.1 Å². The van der Waals surface area contributed by atoms with Crippen LogP contribution in [0.2, 0.25) is 0 Å². The van der Waals surface area contributed by atoms with Crippen molar-refractivity contribution in [3.63, 3.8) is 0 Å². The van der Waals surface area contributed by atoms with Crippen molar-refractivity contribution in [1.82, 2.24) is 0 Å². The van der Waals surface area contributed by atoms with Gasteiger partial charge in [0.1, 0.15) is 0 Å². The number of hydrogen-bond donors (Lipinski definition) is 0. The van der Waals surface area contributed by atoms with Crippen molar-refractivity contribution in [3.8, 4) is 0 Å². The normalized spacial score (nSPS) is 12.0. The van der Waals surface area contributed by atoms with E-state index in [1.807, 2.05) is 67.6 Å². The van der Waals surface area contributed by atoms with Crippen LogP contribution in [0.5, 0.6) is 0 Å². The van der Waals surface area contributed by atoms with Gasteiger partial charge in [0.05, 0.1) is 0 Å². The van der Waals surface area contributed by atoms with Gasteiger partial charge in [-0.3, -0.25) is 0 Å². The van der Waals surface area contributed by atoms with Gasteiger partial charge in [0.15, 0.2) is 0 Å². The monoisotopic (exact) mass is 430 g/mol. The third kappa shape index (κ3) is 5.08. The van der Waals surface area contributed by atoms with E-state index in [2.05, 4.69) is 0 Å². The van der Waals surface area contributed by atoms with Crippen LogP contribution < -0.4 is 4.46 Å². The first kappa shape index (κ1) is 18.5. The van der Waals surface area contributed by atoms with Gasteiger partial charge in [-0.25, -0.2) is 0 Å². The van der Waals surface area contributed by atoms with Gasteiger partial charge in [0, 0.05) is 0 Å². The molecule has 0 saturated heterocycles. The van der Waals surface area contributed by atoms with Crippen molar-refractivity contribution in [3.05, 3.63) is 101 Å². The first-order chi connectivity index (χ1) is 12.5. The molecule has 0 unspecified atom stereocenters. The van der Waals surface area contributed by atoms with Crippen LogP contribution in [-0.4, -0.2) is 23.4 Å². The molecule has 0 atom stereocenters. The van der Waals surface area contributed by atoms with Gasteiger partial charge >= 0.3 is 161 Å². The fourth-order valence-electron chi connectivity index (χ4n) is 2.22. The summed E-state index contributed by atoms with van der Waals surface area (Å²) in [6.07, 6.45) is 1.79. The zero-order valence-electron chi connectivity index (χ0n) is 14.2. The molecule has 0 radical (unpaired) electrons. The quantitative estimate of drug-likeness (QED) is 0.341. The Labute approximate surface area is 160 Å². The van der Waals surface area contributed by atoms with E-state index in [1.54, 1.807) is 30.3 Å². The van der Waals surface area contributed by atoms with Crippen LogP contribution in [-0.2, 0) is 14.3 Å². The van der Waals surface area contributed by atoms with Crippen molar-refractivity contribution in [2.24, 2.45) is 0 Å². The fourth-order valence-corrected chi connectivity index (χ4v) is 5.38. The van der Waals surface area contributed by atoms with Gasteiger partial charge in [-0.2, -0.15) is 0 Å². The standard InChI is InChI=1S/C21H18O3SSe/c1-17-12-14-19(15-13-17)25(22,23)24-21(16-18-8-4-2-5-9-18)26-20-10-6-3-7-11-20/h2-16H,1H3/b21-16+. The van der Waals surface area contributed by atoms with Crippen LogP contribution in [0.3, 0.4) is 0 Å². The maximum absolute atomic E-state index is 12.7. The average Bonchev–Trinajstić information content (AvgIpc) is 2.63. The molecular formula is C21H18O3SSe. The third-order valence-electron chi connectivity index (χ3n) is 3.55. The second-order valence-electron chi connectivity index (χ2n) is 5.64. The van der Waals surface area contributed by atoms with Crippen LogP contribution in [0.15, 0.2) is 94.5 Å². The van der Waals surface area contributed by atoms with E-state index in [1.165, 1.54) is 0 Å². The molecule has 0 spiro atoms. The molecule has 0 bridgehead atoms. The fraction of sp³-hybridized carbons (Fsp3) is 0.0476. The Morgan fingerprint density at radius 3 is 2.04 bits per heavy atom. The molecule has 0 aliphatic carbocycles. The van der Waals surface area contributed by atoms with Gasteiger partial charge in [0.2, 0.25) is 0 Å². The second kappa shape index (κ2) is 8.37. The van der Waals surface area contributed by atoms with Crippen LogP contribution in [0, 0.1) is 6.92 Å². The Bertz CT molecular complexity index is 980. The predicted octanol–water partition coefficient (Wildman–Crippen LogP) is 3.73. The van der Waals surface area contributed by atoms with E-state index >= 15 is 0 Å². The maximum atomic E-state index is 12.7. The van der Waals surface area contributed by atoms with Gasteiger partial charge in [0.25, 0.3) is 0 Å². The molecule has 3 nitrogen and oxygen atoms in total. The van der Waals surface area contributed by atoms with Crippen molar-refractivity contribution in [1.29, 1.82) is 0 Å². The van der Waals surface area contributed by atoms with E-state index in [9.17, 15) is 8.42 Å². The first-order valence-corrected chi connectivity index (χ1v) is 11.2. The summed E-state index contributed by atoms with van der Waals surface area (Å²) in [5.41, 5.74) is 1.90. The Kier molecular flexibility index (Phi) is 5.94. The third-order valence-corrected chi connectivity index (χ3v) is 6.94. The summed E-state index contributed by atoms with van der Waals surface area (Å²) in [6.45, 7) is 1.91. The summed E-state index contributed by atoms with van der Waals surface area (Å²) in [5.74, 6) is 0. The average molecular weight is 429 g/mol. The van der Waals surface area contributed by atoms with E-state index in [4.69, 9.17) is 4.18 Å². The van der Waals surface area contributed by atoms with Crippen LogP contribution in [0.25, 0.3) is 6.08 Å². The predicted molar refractivity (Wildman–Crippen MR) is 106 cm³/mol. The molecule has 3 rings (SSSR count). The van der Waals surface area contributed by atoms with Crippen molar-refractivity contribution >= 4 is 35.6 Å². The van der Waals surface area contributed by atoms with Crippen molar-refractivity contribution < 1.29 is 12.6 Å². The molecule has 26 heavy (non-hydrogen) atoms. The van der Waals surface area contributed by atoms with Crippen molar-refractivity contribution in [2.45, 2.75) is 11.8 Å². The molecule has 0 N–H and O–H groups in total. The van der Waals surface area contributed by atoms with Gasteiger partial charge in [-0.1, -0.05) is 0 Å². The molecule has 0 saturated carbocycles. The van der Waals surface area contributed by atoms with Gasteiger partial charge in [-0.05, 0) is 0 Å². The van der Waals surface area contributed by atoms with E-state index in [0.717, 1.165) is 15.6 Å². The summed E-state index contributed by atoms with van der Waals surface area (Å²) in [7, 11) is -3.87. The molecule has 3 aromatic carbocycles. The Hall–Kier alpha value is -2.33. The molecule has 132 valence electrons. The van der Waals surface area contributed by atoms with E-state index in [-0.39, 0.29) is 19.9 Å². The van der Waals surface area contributed by atoms with Crippen molar-refractivity contribution in [2.75, 3.05) is 0 Å². The number of benzene rings is 3. The summed E-state index contributed by atoms with van der Waals surface area (Å²) in [4.78, 5) is 0.158. The topological polar surface area (TPSA) is 43.4 Å².